The number of nitrogens with one attached hydrogen (secondary N) is 1. The molecule has 1 aromatic carbocycles. The van der Waals surface area contributed by atoms with Gasteiger partial charge in [0.15, 0.2) is 0 Å². The molecule has 0 bridgehead atoms. The smallest absolute Gasteiger partial charge is 0.126 e. The molecule has 2 heterocycles. The van der Waals surface area contributed by atoms with Crippen LogP contribution in [0.25, 0.3) is 0 Å². The van der Waals surface area contributed by atoms with Crippen molar-refractivity contribution in [3.8, 4) is 0 Å². The number of benzene rings is 1. The highest BCUT2D eigenvalue weighted by Gasteiger charge is 2.15. The van der Waals surface area contributed by atoms with E-state index in [-0.39, 0.29) is 0 Å². The SMILES string of the molecule is CNc1cccc(CN2CCCCc3ccccc32)n1. The quantitative estimate of drug-likeness (QED) is 0.923. The van der Waals surface area contributed by atoms with Crippen molar-refractivity contribution in [3.05, 3.63) is 53.7 Å². The van der Waals surface area contributed by atoms with Crippen molar-refractivity contribution in [2.24, 2.45) is 0 Å². The van der Waals surface area contributed by atoms with Crippen molar-refractivity contribution >= 4 is 11.5 Å². The molecule has 0 aliphatic carbocycles. The van der Waals surface area contributed by atoms with Gasteiger partial charge in [-0.05, 0) is 43.0 Å². The van der Waals surface area contributed by atoms with Gasteiger partial charge in [-0.25, -0.2) is 4.98 Å². The summed E-state index contributed by atoms with van der Waals surface area (Å²) in [6.45, 7) is 2.00. The number of fused-ring (bicyclic) bond motifs is 1. The predicted molar refractivity (Wildman–Crippen MR) is 84.2 cm³/mol. The first-order valence-corrected chi connectivity index (χ1v) is 7.33. The molecular formula is C17H21N3. The summed E-state index contributed by atoms with van der Waals surface area (Å²) in [5, 5.41) is 3.11. The third kappa shape index (κ3) is 2.77. The van der Waals surface area contributed by atoms with Gasteiger partial charge in [-0.1, -0.05) is 24.3 Å². The van der Waals surface area contributed by atoms with E-state index in [9.17, 15) is 0 Å². The number of anilines is 2. The van der Waals surface area contributed by atoms with Crippen LogP contribution in [0.15, 0.2) is 42.5 Å². The molecule has 0 saturated carbocycles. The second kappa shape index (κ2) is 5.95. The van der Waals surface area contributed by atoms with Crippen LogP contribution in [-0.4, -0.2) is 18.6 Å². The predicted octanol–water partition coefficient (Wildman–Crippen LogP) is 3.47. The maximum absolute atomic E-state index is 4.64. The maximum atomic E-state index is 4.64. The zero-order valence-electron chi connectivity index (χ0n) is 12.0. The molecule has 2 aromatic rings. The van der Waals surface area contributed by atoms with Crippen LogP contribution in [0.4, 0.5) is 11.5 Å². The summed E-state index contributed by atoms with van der Waals surface area (Å²) >= 11 is 0. The highest BCUT2D eigenvalue weighted by molar-refractivity contribution is 5.54. The van der Waals surface area contributed by atoms with E-state index in [4.69, 9.17) is 0 Å². The van der Waals surface area contributed by atoms with E-state index in [0.29, 0.717) is 0 Å². The molecule has 1 aliphatic heterocycles. The standard InChI is InChI=1S/C17H21N3/c1-18-17-11-6-9-15(19-17)13-20-12-5-4-8-14-7-2-3-10-16(14)20/h2-3,6-7,9-11H,4-5,8,12-13H2,1H3,(H,18,19). The molecule has 3 nitrogen and oxygen atoms in total. The molecule has 3 heteroatoms. The summed E-state index contributed by atoms with van der Waals surface area (Å²) in [5.74, 6) is 0.936. The number of hydrogen-bond acceptors (Lipinski definition) is 3. The summed E-state index contributed by atoms with van der Waals surface area (Å²) < 4.78 is 0. The van der Waals surface area contributed by atoms with E-state index < -0.39 is 0 Å². The van der Waals surface area contributed by atoms with Gasteiger partial charge in [-0.2, -0.15) is 0 Å². The van der Waals surface area contributed by atoms with Crippen molar-refractivity contribution in [1.82, 2.24) is 4.98 Å². The Labute approximate surface area is 120 Å². The van der Waals surface area contributed by atoms with E-state index in [1.807, 2.05) is 13.1 Å². The summed E-state index contributed by atoms with van der Waals surface area (Å²) in [4.78, 5) is 7.10. The molecule has 1 aromatic heterocycles. The topological polar surface area (TPSA) is 28.2 Å². The Bertz CT molecular complexity index is 580. The van der Waals surface area contributed by atoms with Gasteiger partial charge in [-0.15, -0.1) is 0 Å². The highest BCUT2D eigenvalue weighted by atomic mass is 15.1. The van der Waals surface area contributed by atoms with Gasteiger partial charge >= 0.3 is 0 Å². The number of aryl methyl sites for hydroxylation is 1. The number of rotatable bonds is 3. The molecule has 0 unspecified atom stereocenters. The Balaban J connectivity index is 1.86. The largest absolute Gasteiger partial charge is 0.373 e. The molecule has 0 atom stereocenters. The lowest BCUT2D eigenvalue weighted by Crippen LogP contribution is -2.24. The fourth-order valence-corrected chi connectivity index (χ4v) is 2.84. The van der Waals surface area contributed by atoms with Crippen molar-refractivity contribution in [3.63, 3.8) is 0 Å². The van der Waals surface area contributed by atoms with Gasteiger partial charge < -0.3 is 10.2 Å². The van der Waals surface area contributed by atoms with Crippen LogP contribution in [0.1, 0.15) is 24.1 Å². The lowest BCUT2D eigenvalue weighted by molar-refractivity contribution is 0.708. The molecular weight excluding hydrogens is 246 g/mol. The van der Waals surface area contributed by atoms with Crippen molar-refractivity contribution in [2.45, 2.75) is 25.8 Å². The normalized spacial score (nSPS) is 14.6. The summed E-state index contributed by atoms with van der Waals surface area (Å²) in [5.41, 5.74) is 3.96. The van der Waals surface area contributed by atoms with Gasteiger partial charge in [-0.3, -0.25) is 0 Å². The maximum Gasteiger partial charge on any atom is 0.126 e. The lowest BCUT2D eigenvalue weighted by Gasteiger charge is -2.24. The van der Waals surface area contributed by atoms with Gasteiger partial charge in [0, 0.05) is 19.3 Å². The van der Waals surface area contributed by atoms with Crippen molar-refractivity contribution in [2.75, 3.05) is 23.8 Å². The van der Waals surface area contributed by atoms with Gasteiger partial charge in [0.05, 0.1) is 12.2 Å². The minimum absolute atomic E-state index is 0.881. The zero-order chi connectivity index (χ0) is 13.8. The molecule has 1 aliphatic rings. The average molecular weight is 267 g/mol. The van der Waals surface area contributed by atoms with Crippen LogP contribution in [0, 0.1) is 0 Å². The van der Waals surface area contributed by atoms with E-state index in [1.165, 1.54) is 30.5 Å². The summed E-state index contributed by atoms with van der Waals surface area (Å²) in [7, 11) is 1.91. The summed E-state index contributed by atoms with van der Waals surface area (Å²) in [6.07, 6.45) is 3.72. The number of hydrogen-bond donors (Lipinski definition) is 1. The molecule has 0 radical (unpaired) electrons. The minimum atomic E-state index is 0.881. The Morgan fingerprint density at radius 3 is 2.90 bits per heavy atom. The molecule has 104 valence electrons. The van der Waals surface area contributed by atoms with Crippen molar-refractivity contribution in [1.29, 1.82) is 0 Å². The van der Waals surface area contributed by atoms with Gasteiger partial charge in [0.25, 0.3) is 0 Å². The second-order valence-electron chi connectivity index (χ2n) is 5.27. The minimum Gasteiger partial charge on any atom is -0.373 e. The Morgan fingerprint density at radius 1 is 1.10 bits per heavy atom. The highest BCUT2D eigenvalue weighted by Crippen LogP contribution is 2.27. The molecule has 20 heavy (non-hydrogen) atoms. The van der Waals surface area contributed by atoms with Crippen LogP contribution < -0.4 is 10.2 Å². The Morgan fingerprint density at radius 2 is 2.00 bits per heavy atom. The van der Waals surface area contributed by atoms with Crippen LogP contribution in [-0.2, 0) is 13.0 Å². The summed E-state index contributed by atoms with van der Waals surface area (Å²) in [6, 6.07) is 14.9. The van der Waals surface area contributed by atoms with Gasteiger partial charge in [0.1, 0.15) is 5.82 Å². The zero-order valence-corrected chi connectivity index (χ0v) is 12.0. The van der Waals surface area contributed by atoms with Crippen molar-refractivity contribution < 1.29 is 0 Å². The second-order valence-corrected chi connectivity index (χ2v) is 5.27. The fourth-order valence-electron chi connectivity index (χ4n) is 2.84. The Kier molecular flexibility index (Phi) is 3.86. The number of aromatic nitrogens is 1. The molecule has 3 rings (SSSR count). The van der Waals surface area contributed by atoms with E-state index in [0.717, 1.165) is 24.6 Å². The number of pyridine rings is 1. The van der Waals surface area contributed by atoms with Gasteiger partial charge in [0.2, 0.25) is 0 Å². The van der Waals surface area contributed by atoms with Crippen LogP contribution in [0.3, 0.4) is 0 Å². The lowest BCUT2D eigenvalue weighted by atomic mass is 10.1. The van der Waals surface area contributed by atoms with E-state index in [1.54, 1.807) is 0 Å². The first-order valence-electron chi connectivity index (χ1n) is 7.33. The third-order valence-electron chi connectivity index (χ3n) is 3.87. The average Bonchev–Trinajstić information content (AvgIpc) is 2.70. The molecule has 0 amide bonds. The third-order valence-corrected chi connectivity index (χ3v) is 3.87. The first-order chi connectivity index (χ1) is 9.86. The molecule has 1 N–H and O–H groups in total. The van der Waals surface area contributed by atoms with Crippen LogP contribution in [0.2, 0.25) is 0 Å². The first kappa shape index (κ1) is 13.0. The number of para-hydroxylation sites is 1. The Hall–Kier alpha value is -2.03. The molecule has 0 saturated heterocycles. The number of nitrogens with zero attached hydrogens (tertiary/aromatic N) is 2. The van der Waals surface area contributed by atoms with E-state index >= 15 is 0 Å². The fraction of sp³-hybridized carbons (Fsp3) is 0.353. The van der Waals surface area contributed by atoms with Crippen LogP contribution >= 0.6 is 0 Å². The van der Waals surface area contributed by atoms with Crippen LogP contribution in [0.5, 0.6) is 0 Å². The monoisotopic (exact) mass is 267 g/mol. The molecule has 0 fully saturated rings. The molecule has 0 spiro atoms. The van der Waals surface area contributed by atoms with E-state index in [2.05, 4.69) is 51.6 Å².